The Bertz CT molecular complexity index is 1610. The van der Waals surface area contributed by atoms with Gasteiger partial charge in [-0.25, -0.2) is 0 Å². The summed E-state index contributed by atoms with van der Waals surface area (Å²) in [5, 5.41) is 8.35. The second-order valence-electron chi connectivity index (χ2n) is 9.81. The van der Waals surface area contributed by atoms with Crippen LogP contribution >= 0.6 is 11.6 Å². The number of fused-ring (bicyclic) bond motifs is 1. The molecule has 40 heavy (non-hydrogen) atoms. The van der Waals surface area contributed by atoms with Gasteiger partial charge in [-0.1, -0.05) is 22.9 Å². The van der Waals surface area contributed by atoms with Gasteiger partial charge in [0.15, 0.2) is 0 Å². The number of aromatic amines is 1. The van der Waals surface area contributed by atoms with E-state index in [1.54, 1.807) is 48.2 Å². The summed E-state index contributed by atoms with van der Waals surface area (Å²) in [6.45, 7) is 1.30. The first-order valence-corrected chi connectivity index (χ1v) is 13.0. The fraction of sp³-hybridized carbons (Fsp3) is 0.286. The van der Waals surface area contributed by atoms with Crippen molar-refractivity contribution < 1.29 is 22.8 Å². The molecule has 0 saturated carbocycles. The maximum absolute atomic E-state index is 13.6. The summed E-state index contributed by atoms with van der Waals surface area (Å²) in [6, 6.07) is 8.45. The Balaban J connectivity index is 1.55. The van der Waals surface area contributed by atoms with Crippen molar-refractivity contribution >= 4 is 39.9 Å². The number of hydrogen-bond acceptors (Lipinski definition) is 4. The molecule has 2 amide bonds. The predicted molar refractivity (Wildman–Crippen MR) is 146 cm³/mol. The Morgan fingerprint density at radius 3 is 2.62 bits per heavy atom. The van der Waals surface area contributed by atoms with Gasteiger partial charge >= 0.3 is 6.18 Å². The fourth-order valence-electron chi connectivity index (χ4n) is 4.80. The van der Waals surface area contributed by atoms with Gasteiger partial charge in [0.1, 0.15) is 5.69 Å². The van der Waals surface area contributed by atoms with Gasteiger partial charge in [-0.2, -0.15) is 13.2 Å². The lowest BCUT2D eigenvalue weighted by Gasteiger charge is -2.28. The summed E-state index contributed by atoms with van der Waals surface area (Å²) >= 11 is 6.45. The number of carbonyl (C=O) groups is 2. The van der Waals surface area contributed by atoms with Crippen LogP contribution in [-0.4, -0.2) is 68.8 Å². The number of aryl methyl sites for hydroxylation is 1. The average molecular weight is 571 g/mol. The number of rotatable bonds is 6. The molecule has 5 rings (SSSR count). The van der Waals surface area contributed by atoms with Gasteiger partial charge in [-0.05, 0) is 59.5 Å². The van der Waals surface area contributed by atoms with E-state index < -0.39 is 11.7 Å². The van der Waals surface area contributed by atoms with Gasteiger partial charge in [-0.15, -0.1) is 5.10 Å². The first kappa shape index (κ1) is 27.4. The lowest BCUT2D eigenvalue weighted by molar-refractivity contribution is -0.137. The van der Waals surface area contributed by atoms with E-state index in [0.717, 1.165) is 23.3 Å². The molecule has 0 atom stereocenters. The fourth-order valence-corrected chi connectivity index (χ4v) is 5.02. The van der Waals surface area contributed by atoms with E-state index >= 15 is 0 Å². The standard InChI is InChI=1S/C28H26ClF3N6O2/c1-36(2)27(40)25-15-22-20(21-14-19(28(30,31)32)5-6-23(21)29)12-18(13-24(22)34-25)17-4-3-9-37(16-17)26(39)7-10-38-11-8-33-35-38/h4-6,8,11-15,34H,3,7,9-10,16H2,1-2H3. The Morgan fingerprint density at radius 2 is 1.93 bits per heavy atom. The minimum atomic E-state index is -4.56. The molecule has 4 aromatic rings. The zero-order valence-corrected chi connectivity index (χ0v) is 22.6. The van der Waals surface area contributed by atoms with Crippen LogP contribution in [0.15, 0.2) is 54.9 Å². The van der Waals surface area contributed by atoms with E-state index in [9.17, 15) is 22.8 Å². The largest absolute Gasteiger partial charge is 0.416 e. The molecular formula is C28H26ClF3N6O2. The molecule has 0 radical (unpaired) electrons. The van der Waals surface area contributed by atoms with Crippen LogP contribution in [0.4, 0.5) is 13.2 Å². The van der Waals surface area contributed by atoms with Crippen molar-refractivity contribution in [3.63, 3.8) is 0 Å². The quantitative estimate of drug-likeness (QED) is 0.331. The molecule has 0 spiro atoms. The first-order chi connectivity index (χ1) is 19.0. The highest BCUT2D eigenvalue weighted by atomic mass is 35.5. The third kappa shape index (κ3) is 5.60. The number of alkyl halides is 3. The number of H-pyrrole nitrogens is 1. The number of hydrogen-bond donors (Lipinski definition) is 1. The molecule has 0 fully saturated rings. The molecule has 208 valence electrons. The lowest BCUT2D eigenvalue weighted by Crippen LogP contribution is -2.35. The molecule has 1 aliphatic heterocycles. The van der Waals surface area contributed by atoms with Gasteiger partial charge in [0, 0.05) is 61.3 Å². The van der Waals surface area contributed by atoms with Crippen molar-refractivity contribution in [2.45, 2.75) is 25.6 Å². The smallest absolute Gasteiger partial charge is 0.350 e. The van der Waals surface area contributed by atoms with Crippen LogP contribution < -0.4 is 0 Å². The normalized spacial score (nSPS) is 13.9. The number of halogens is 4. The Labute approximate surface area is 233 Å². The van der Waals surface area contributed by atoms with Crippen LogP contribution in [-0.2, 0) is 17.5 Å². The maximum Gasteiger partial charge on any atom is 0.416 e. The molecule has 12 heteroatoms. The molecule has 2 aromatic carbocycles. The van der Waals surface area contributed by atoms with E-state index in [-0.39, 0.29) is 28.8 Å². The zero-order valence-electron chi connectivity index (χ0n) is 21.8. The van der Waals surface area contributed by atoms with Crippen molar-refractivity contribution in [1.82, 2.24) is 29.8 Å². The van der Waals surface area contributed by atoms with E-state index in [4.69, 9.17) is 11.6 Å². The van der Waals surface area contributed by atoms with E-state index in [0.29, 0.717) is 48.2 Å². The van der Waals surface area contributed by atoms with Gasteiger partial charge in [0.25, 0.3) is 5.91 Å². The van der Waals surface area contributed by atoms with Crippen molar-refractivity contribution in [1.29, 1.82) is 0 Å². The van der Waals surface area contributed by atoms with Gasteiger partial charge < -0.3 is 14.8 Å². The number of amides is 2. The van der Waals surface area contributed by atoms with Gasteiger partial charge in [0.05, 0.1) is 18.3 Å². The van der Waals surface area contributed by atoms with Gasteiger partial charge in [-0.3, -0.25) is 14.3 Å². The Morgan fingerprint density at radius 1 is 1.12 bits per heavy atom. The summed E-state index contributed by atoms with van der Waals surface area (Å²) in [5.41, 5.74) is 2.26. The zero-order chi connectivity index (χ0) is 28.6. The molecule has 8 nitrogen and oxygen atoms in total. The summed E-state index contributed by atoms with van der Waals surface area (Å²) in [6.07, 6.45) is 1.59. The number of nitrogens with one attached hydrogen (secondary N) is 1. The monoisotopic (exact) mass is 570 g/mol. The first-order valence-electron chi connectivity index (χ1n) is 12.6. The summed E-state index contributed by atoms with van der Waals surface area (Å²) in [7, 11) is 3.23. The number of carbonyl (C=O) groups excluding carboxylic acids is 2. The summed E-state index contributed by atoms with van der Waals surface area (Å²) in [5.74, 6) is -0.318. The second-order valence-corrected chi connectivity index (χ2v) is 10.2. The average Bonchev–Trinajstić information content (AvgIpc) is 3.60. The van der Waals surface area contributed by atoms with Crippen LogP contribution in [0.1, 0.15) is 34.5 Å². The third-order valence-electron chi connectivity index (χ3n) is 6.86. The minimum absolute atomic E-state index is 0.0398. The van der Waals surface area contributed by atoms with Crippen LogP contribution in [0.3, 0.4) is 0 Å². The van der Waals surface area contributed by atoms with Crippen LogP contribution in [0.5, 0.6) is 0 Å². The third-order valence-corrected chi connectivity index (χ3v) is 7.19. The molecule has 0 bridgehead atoms. The van der Waals surface area contributed by atoms with Crippen molar-refractivity contribution in [3.05, 3.63) is 76.7 Å². The summed E-state index contributed by atoms with van der Waals surface area (Å²) in [4.78, 5) is 32.0. The molecule has 0 unspecified atom stereocenters. The molecule has 0 saturated heterocycles. The van der Waals surface area contributed by atoms with Crippen LogP contribution in [0, 0.1) is 0 Å². The van der Waals surface area contributed by atoms with Crippen molar-refractivity contribution in [2.75, 3.05) is 27.2 Å². The van der Waals surface area contributed by atoms with Crippen LogP contribution in [0.2, 0.25) is 5.02 Å². The predicted octanol–water partition coefficient (Wildman–Crippen LogP) is 5.51. The van der Waals surface area contributed by atoms with E-state index in [1.807, 2.05) is 12.1 Å². The molecular weight excluding hydrogens is 545 g/mol. The highest BCUT2D eigenvalue weighted by Gasteiger charge is 2.31. The van der Waals surface area contributed by atoms with Crippen molar-refractivity contribution in [2.24, 2.45) is 0 Å². The number of aromatic nitrogens is 4. The maximum atomic E-state index is 13.6. The Kier molecular flexibility index (Phi) is 7.41. The van der Waals surface area contributed by atoms with Crippen LogP contribution in [0.25, 0.3) is 27.6 Å². The minimum Gasteiger partial charge on any atom is -0.350 e. The Hall–Kier alpha value is -4.12. The second kappa shape index (κ2) is 10.8. The van der Waals surface area contributed by atoms with E-state index in [1.165, 1.54) is 11.0 Å². The summed E-state index contributed by atoms with van der Waals surface area (Å²) < 4.78 is 42.4. The topological polar surface area (TPSA) is 87.1 Å². The molecule has 3 heterocycles. The number of nitrogens with zero attached hydrogens (tertiary/aromatic N) is 5. The van der Waals surface area contributed by atoms with Gasteiger partial charge in [0.2, 0.25) is 5.91 Å². The lowest BCUT2D eigenvalue weighted by atomic mass is 9.93. The SMILES string of the molecule is CN(C)C(=O)c1cc2c(-c3cc(C(F)(F)F)ccc3Cl)cc(C3=CCCN(C(=O)CCn4ccnn4)C3)cc2[nH]1. The molecule has 2 aromatic heterocycles. The number of benzene rings is 2. The van der Waals surface area contributed by atoms with E-state index in [2.05, 4.69) is 15.3 Å². The highest BCUT2D eigenvalue weighted by Crippen LogP contribution is 2.40. The van der Waals surface area contributed by atoms with Crippen molar-refractivity contribution in [3.8, 4) is 11.1 Å². The molecule has 1 N–H and O–H groups in total. The highest BCUT2D eigenvalue weighted by molar-refractivity contribution is 6.33. The molecule has 0 aliphatic carbocycles. The molecule has 1 aliphatic rings.